The van der Waals surface area contributed by atoms with Gasteiger partial charge in [-0.15, -0.1) is 0 Å². The van der Waals surface area contributed by atoms with Gasteiger partial charge in [0.05, 0.1) is 29.0 Å². The van der Waals surface area contributed by atoms with E-state index in [1.54, 1.807) is 32.4 Å². The third kappa shape index (κ3) is 4.83. The minimum atomic E-state index is -3.77. The van der Waals surface area contributed by atoms with Crippen LogP contribution in [0, 0.1) is 11.3 Å². The quantitative estimate of drug-likeness (QED) is 0.426. The Morgan fingerprint density at radius 3 is 2.35 bits per heavy atom. The van der Waals surface area contributed by atoms with Crippen molar-refractivity contribution in [1.29, 1.82) is 0 Å². The van der Waals surface area contributed by atoms with Gasteiger partial charge >= 0.3 is 0 Å². The number of methoxy groups -OCH3 is 2. The number of pyridine rings is 1. The summed E-state index contributed by atoms with van der Waals surface area (Å²) in [7, 11) is -0.427. The van der Waals surface area contributed by atoms with E-state index in [0.717, 1.165) is 36.8 Å². The van der Waals surface area contributed by atoms with E-state index >= 15 is 0 Å². The summed E-state index contributed by atoms with van der Waals surface area (Å²) in [5.74, 6) is 0.990. The zero-order valence-corrected chi connectivity index (χ0v) is 22.4. The Kier molecular flexibility index (Phi) is 6.00. The molecule has 0 unspecified atom stereocenters. The average molecular weight is 530 g/mol. The minimum Gasteiger partial charge on any atom is -0.383 e. The smallest absolute Gasteiger partial charge is 0.241 e. The number of anilines is 2. The van der Waals surface area contributed by atoms with Gasteiger partial charge in [0, 0.05) is 56.0 Å². The molecule has 1 aromatic carbocycles. The van der Waals surface area contributed by atoms with Gasteiger partial charge in [0.15, 0.2) is 0 Å². The molecule has 0 bridgehead atoms. The lowest BCUT2D eigenvalue weighted by Gasteiger charge is -2.40. The van der Waals surface area contributed by atoms with Gasteiger partial charge in [0.1, 0.15) is 5.82 Å². The molecule has 6 rings (SSSR count). The Balaban J connectivity index is 1.39. The number of sulfonamides is 1. The van der Waals surface area contributed by atoms with E-state index in [9.17, 15) is 13.2 Å². The van der Waals surface area contributed by atoms with Crippen molar-refractivity contribution in [1.82, 2.24) is 15.0 Å². The lowest BCUT2D eigenvalue weighted by Crippen LogP contribution is -2.59. The van der Waals surface area contributed by atoms with Crippen molar-refractivity contribution < 1.29 is 22.7 Å². The molecule has 37 heavy (non-hydrogen) atoms. The molecule has 3 aliphatic carbocycles. The van der Waals surface area contributed by atoms with Crippen LogP contribution in [-0.2, 0) is 24.3 Å². The number of nitrogens with one attached hydrogen (secondary N) is 3. The van der Waals surface area contributed by atoms with Gasteiger partial charge in [-0.3, -0.25) is 4.79 Å². The number of piperazine rings is 1. The number of fused-ring (bicyclic) bond motifs is 2. The highest BCUT2D eigenvalue weighted by molar-refractivity contribution is 7.89. The maximum atomic E-state index is 13.4. The fourth-order valence-corrected chi connectivity index (χ4v) is 7.01. The number of amides is 1. The number of nitrogens with zero attached hydrogens (tertiary/aromatic N) is 2. The summed E-state index contributed by atoms with van der Waals surface area (Å²) in [6.45, 7) is 4.23. The molecule has 1 aromatic heterocycles. The van der Waals surface area contributed by atoms with Gasteiger partial charge in [-0.05, 0) is 62.8 Å². The first-order valence-electron chi connectivity index (χ1n) is 12.9. The standard InChI is InChI=1S/C26H35N5O5S/c1-25(6-7-25)30-37(33,34)19-8-21-20(4-5-23(28-21)29-24(32)26-10-16(26)11-26)22(9-19)31-12-17(14-35-2)27-18(13-31)15-36-3/h4-5,8-9,16-18,27,30H,6-7,10-15H2,1-3H3,(H,28,29,32)/t16?,17-,18-,26?/m1/s1. The number of benzene rings is 1. The van der Waals surface area contributed by atoms with Crippen molar-refractivity contribution in [3.63, 3.8) is 0 Å². The molecule has 4 aliphatic rings. The zero-order valence-electron chi connectivity index (χ0n) is 21.5. The second-order valence-electron chi connectivity index (χ2n) is 11.5. The predicted octanol–water partition coefficient (Wildman–Crippen LogP) is 1.85. The second-order valence-corrected chi connectivity index (χ2v) is 13.1. The monoisotopic (exact) mass is 529 g/mol. The molecule has 4 fully saturated rings. The van der Waals surface area contributed by atoms with Crippen molar-refractivity contribution >= 4 is 38.3 Å². The fourth-order valence-electron chi connectivity index (χ4n) is 5.51. The van der Waals surface area contributed by atoms with Crippen LogP contribution in [0.1, 0.15) is 32.6 Å². The van der Waals surface area contributed by atoms with Crippen molar-refractivity contribution in [3.05, 3.63) is 24.3 Å². The van der Waals surface area contributed by atoms with Crippen molar-refractivity contribution in [3.8, 4) is 0 Å². The topological polar surface area (TPSA) is 122 Å². The Hall–Kier alpha value is -2.31. The molecular weight excluding hydrogens is 494 g/mol. The van der Waals surface area contributed by atoms with Gasteiger partial charge in [-0.1, -0.05) is 0 Å². The van der Waals surface area contributed by atoms with E-state index in [-0.39, 0.29) is 28.3 Å². The Bertz CT molecular complexity index is 1320. The molecule has 0 radical (unpaired) electrons. The number of rotatable bonds is 10. The van der Waals surface area contributed by atoms with E-state index in [2.05, 4.69) is 20.3 Å². The summed E-state index contributed by atoms with van der Waals surface area (Å²) in [6.07, 6.45) is 3.55. The molecule has 3 saturated carbocycles. The van der Waals surface area contributed by atoms with Crippen LogP contribution in [0.4, 0.5) is 11.5 Å². The summed E-state index contributed by atoms with van der Waals surface area (Å²) in [4.78, 5) is 19.7. The highest BCUT2D eigenvalue weighted by Crippen LogP contribution is 2.75. The molecule has 1 amide bonds. The molecule has 2 atom stereocenters. The molecule has 2 heterocycles. The zero-order chi connectivity index (χ0) is 26.0. The van der Waals surface area contributed by atoms with E-state index in [0.29, 0.717) is 43.6 Å². The largest absolute Gasteiger partial charge is 0.383 e. The summed E-state index contributed by atoms with van der Waals surface area (Å²) < 4.78 is 40.6. The van der Waals surface area contributed by atoms with E-state index < -0.39 is 15.6 Å². The Morgan fingerprint density at radius 2 is 1.78 bits per heavy atom. The second kappa shape index (κ2) is 8.88. The summed E-state index contributed by atoms with van der Waals surface area (Å²) in [6, 6.07) is 7.18. The highest BCUT2D eigenvalue weighted by Gasteiger charge is 2.74. The van der Waals surface area contributed by atoms with Crippen LogP contribution in [0.25, 0.3) is 10.9 Å². The Morgan fingerprint density at radius 1 is 1.14 bits per heavy atom. The highest BCUT2D eigenvalue weighted by atomic mass is 32.2. The number of carbonyl (C=O) groups excluding carboxylic acids is 1. The first kappa shape index (κ1) is 25.0. The number of ether oxygens (including phenoxy) is 2. The first-order valence-corrected chi connectivity index (χ1v) is 14.4. The normalized spacial score (nSPS) is 29.6. The molecule has 11 heteroatoms. The maximum Gasteiger partial charge on any atom is 0.241 e. The molecule has 0 spiro atoms. The van der Waals surface area contributed by atoms with Gasteiger partial charge in [-0.2, -0.15) is 0 Å². The molecule has 2 aromatic rings. The van der Waals surface area contributed by atoms with Crippen LogP contribution in [0.3, 0.4) is 0 Å². The van der Waals surface area contributed by atoms with Crippen LogP contribution >= 0.6 is 0 Å². The van der Waals surface area contributed by atoms with Crippen molar-refractivity contribution in [2.75, 3.05) is 50.7 Å². The SMILES string of the molecule is COC[C@H]1CN(c2cc(S(=O)(=O)NC3(C)CC3)cc3nc(NC(=O)C45CC4C5)ccc23)C[C@H](COC)N1. The van der Waals surface area contributed by atoms with Crippen molar-refractivity contribution in [2.45, 2.75) is 55.1 Å². The fraction of sp³-hybridized carbons (Fsp3) is 0.615. The molecule has 1 aliphatic heterocycles. The number of hydrogen-bond acceptors (Lipinski definition) is 8. The van der Waals surface area contributed by atoms with Crippen LogP contribution in [-0.4, -0.2) is 77.5 Å². The lowest BCUT2D eigenvalue weighted by atomic mass is 10.1. The average Bonchev–Trinajstić information content (AvgIpc) is 3.76. The van der Waals surface area contributed by atoms with Crippen LogP contribution < -0.4 is 20.3 Å². The van der Waals surface area contributed by atoms with E-state index in [1.807, 2.05) is 13.0 Å². The molecule has 1 saturated heterocycles. The molecular formula is C26H35N5O5S. The first-order chi connectivity index (χ1) is 17.6. The lowest BCUT2D eigenvalue weighted by molar-refractivity contribution is -0.119. The van der Waals surface area contributed by atoms with Crippen LogP contribution in [0.2, 0.25) is 0 Å². The number of carbonyl (C=O) groups is 1. The maximum absolute atomic E-state index is 13.4. The van der Waals surface area contributed by atoms with Gasteiger partial charge in [0.25, 0.3) is 0 Å². The van der Waals surface area contributed by atoms with Gasteiger partial charge in [-0.25, -0.2) is 18.1 Å². The van der Waals surface area contributed by atoms with E-state index in [1.165, 1.54) is 0 Å². The number of aromatic nitrogens is 1. The van der Waals surface area contributed by atoms with Crippen LogP contribution in [0.5, 0.6) is 0 Å². The van der Waals surface area contributed by atoms with Crippen molar-refractivity contribution in [2.24, 2.45) is 11.3 Å². The van der Waals surface area contributed by atoms with Crippen LogP contribution in [0.15, 0.2) is 29.2 Å². The Labute approximate surface area is 217 Å². The summed E-state index contributed by atoms with van der Waals surface area (Å²) >= 11 is 0. The molecule has 200 valence electrons. The third-order valence-corrected chi connectivity index (χ3v) is 9.87. The summed E-state index contributed by atoms with van der Waals surface area (Å²) in [5, 5.41) is 7.35. The molecule has 3 N–H and O–H groups in total. The van der Waals surface area contributed by atoms with Gasteiger partial charge in [0.2, 0.25) is 15.9 Å². The summed E-state index contributed by atoms with van der Waals surface area (Å²) in [5.41, 5.74) is 0.742. The molecule has 10 nitrogen and oxygen atoms in total. The van der Waals surface area contributed by atoms with E-state index in [4.69, 9.17) is 14.5 Å². The minimum absolute atomic E-state index is 0.0172. The predicted molar refractivity (Wildman–Crippen MR) is 140 cm³/mol. The number of hydrogen-bond donors (Lipinski definition) is 3. The third-order valence-electron chi connectivity index (χ3n) is 8.26. The van der Waals surface area contributed by atoms with Gasteiger partial charge < -0.3 is 25.0 Å².